The number of fused-ring (bicyclic) bond motifs is 1. The Labute approximate surface area is 159 Å². The van der Waals surface area contributed by atoms with Gasteiger partial charge in [0.2, 0.25) is 5.56 Å². The molecule has 2 fully saturated rings. The molecule has 2 aliphatic rings. The van der Waals surface area contributed by atoms with Crippen molar-refractivity contribution >= 4 is 10.9 Å². The van der Waals surface area contributed by atoms with Crippen LogP contribution in [0.25, 0.3) is 10.9 Å². The predicted molar refractivity (Wildman–Crippen MR) is 107 cm³/mol. The van der Waals surface area contributed by atoms with Crippen molar-refractivity contribution in [2.45, 2.75) is 63.5 Å². The molecule has 0 amide bonds. The fraction of sp³-hybridized carbons (Fsp3) is 0.591. The van der Waals surface area contributed by atoms with Gasteiger partial charge in [-0.1, -0.05) is 44.6 Å². The summed E-state index contributed by atoms with van der Waals surface area (Å²) in [6.07, 6.45) is 9.95. The Morgan fingerprint density at radius 1 is 1.04 bits per heavy atom. The number of hydrogen-bond donors (Lipinski definition) is 4. The fourth-order valence-corrected chi connectivity index (χ4v) is 5.29. The quantitative estimate of drug-likeness (QED) is 0.648. The van der Waals surface area contributed by atoms with Gasteiger partial charge in [-0.05, 0) is 42.4 Å². The highest BCUT2D eigenvalue weighted by molar-refractivity contribution is 5.87. The van der Waals surface area contributed by atoms with Crippen molar-refractivity contribution in [1.29, 1.82) is 0 Å². The minimum Gasteiger partial charge on any atom is -0.506 e. The second kappa shape index (κ2) is 8.03. The van der Waals surface area contributed by atoms with Crippen molar-refractivity contribution in [2.24, 2.45) is 11.8 Å². The maximum atomic E-state index is 11.6. The first-order valence-corrected chi connectivity index (χ1v) is 10.4. The topological polar surface area (TPSA) is 85.3 Å². The molecule has 3 unspecified atom stereocenters. The number of hydrogen-bond acceptors (Lipinski definition) is 4. The number of phenols is 1. The van der Waals surface area contributed by atoms with Crippen LogP contribution in [0.5, 0.6) is 5.75 Å². The second-order valence-corrected chi connectivity index (χ2v) is 8.31. The van der Waals surface area contributed by atoms with Crippen LogP contribution < -0.4 is 10.9 Å². The first-order chi connectivity index (χ1) is 13.1. The Balaban J connectivity index is 1.46. The van der Waals surface area contributed by atoms with Gasteiger partial charge in [0.25, 0.3) is 0 Å². The molecule has 4 N–H and O–H groups in total. The van der Waals surface area contributed by atoms with Gasteiger partial charge in [-0.3, -0.25) is 4.79 Å². The lowest BCUT2D eigenvalue weighted by Gasteiger charge is -2.32. The molecule has 2 aromatic rings. The number of aliphatic hydroxyl groups is 1. The molecule has 0 bridgehead atoms. The van der Waals surface area contributed by atoms with Crippen LogP contribution in [-0.4, -0.2) is 27.8 Å². The van der Waals surface area contributed by atoms with Gasteiger partial charge >= 0.3 is 0 Å². The van der Waals surface area contributed by atoms with E-state index in [1.54, 1.807) is 12.1 Å². The predicted octanol–water partition coefficient (Wildman–Crippen LogP) is 3.61. The van der Waals surface area contributed by atoms with E-state index in [2.05, 4.69) is 10.3 Å². The van der Waals surface area contributed by atoms with E-state index in [1.165, 1.54) is 63.5 Å². The molecule has 1 aromatic heterocycles. The largest absolute Gasteiger partial charge is 0.506 e. The average Bonchev–Trinajstić information content (AvgIpc) is 3.16. The lowest BCUT2D eigenvalue weighted by Crippen LogP contribution is -2.38. The molecule has 5 nitrogen and oxygen atoms in total. The number of H-pyrrole nitrogens is 1. The summed E-state index contributed by atoms with van der Waals surface area (Å²) in [5.41, 5.74) is 0.864. The van der Waals surface area contributed by atoms with Crippen molar-refractivity contribution in [3.63, 3.8) is 0 Å². The molecule has 1 aromatic carbocycles. The summed E-state index contributed by atoms with van der Waals surface area (Å²) in [6.45, 7) is 0.493. The summed E-state index contributed by atoms with van der Waals surface area (Å²) in [7, 11) is 0. The van der Waals surface area contributed by atoms with Crippen LogP contribution in [0, 0.1) is 11.8 Å². The van der Waals surface area contributed by atoms with Gasteiger partial charge < -0.3 is 20.5 Å². The highest BCUT2D eigenvalue weighted by Gasteiger charge is 2.34. The zero-order valence-electron chi connectivity index (χ0n) is 15.8. The van der Waals surface area contributed by atoms with Crippen LogP contribution in [0.3, 0.4) is 0 Å². The number of phenolic OH excluding ortho intramolecular Hbond substituents is 1. The summed E-state index contributed by atoms with van der Waals surface area (Å²) in [5.74, 6) is 1.61. The molecule has 146 valence electrons. The van der Waals surface area contributed by atoms with Gasteiger partial charge in [0.1, 0.15) is 5.75 Å². The number of nitrogens with one attached hydrogen (secondary N) is 2. The number of aromatic nitrogens is 1. The van der Waals surface area contributed by atoms with E-state index < -0.39 is 6.10 Å². The van der Waals surface area contributed by atoms with Crippen LogP contribution in [0.2, 0.25) is 0 Å². The third-order valence-electron chi connectivity index (χ3n) is 6.66. The molecule has 0 saturated heterocycles. The number of aliphatic hydroxyl groups excluding tert-OH is 1. The lowest BCUT2D eigenvalue weighted by molar-refractivity contribution is 0.155. The van der Waals surface area contributed by atoms with Gasteiger partial charge in [0.05, 0.1) is 11.6 Å². The standard InChI is InChI=1S/C22H30N2O3/c25-19-11-9-16(17-10-12-21(27)24-22(17)19)20(26)13-23-18-8-4-7-15(18)14-5-2-1-3-6-14/h9-12,14-15,18,20,23,25-26H,1-8,13H2,(H,24,27). The zero-order chi connectivity index (χ0) is 18.8. The Hall–Kier alpha value is -1.85. The Morgan fingerprint density at radius 2 is 1.85 bits per heavy atom. The van der Waals surface area contributed by atoms with Gasteiger partial charge in [-0.15, -0.1) is 0 Å². The van der Waals surface area contributed by atoms with E-state index in [-0.39, 0.29) is 11.3 Å². The smallest absolute Gasteiger partial charge is 0.248 e. The van der Waals surface area contributed by atoms with Gasteiger partial charge in [-0.25, -0.2) is 0 Å². The number of rotatable bonds is 5. The molecular weight excluding hydrogens is 340 g/mol. The van der Waals surface area contributed by atoms with E-state index >= 15 is 0 Å². The Morgan fingerprint density at radius 3 is 2.67 bits per heavy atom. The molecule has 0 aliphatic heterocycles. The van der Waals surface area contributed by atoms with E-state index in [4.69, 9.17) is 0 Å². The molecular formula is C22H30N2O3. The van der Waals surface area contributed by atoms with E-state index in [1.807, 2.05) is 0 Å². The fourth-order valence-electron chi connectivity index (χ4n) is 5.29. The van der Waals surface area contributed by atoms with Crippen molar-refractivity contribution in [3.8, 4) is 5.75 Å². The molecule has 0 radical (unpaired) electrons. The number of pyridine rings is 1. The van der Waals surface area contributed by atoms with Crippen molar-refractivity contribution in [2.75, 3.05) is 6.54 Å². The minimum atomic E-state index is -0.674. The van der Waals surface area contributed by atoms with Crippen LogP contribution in [0.4, 0.5) is 0 Å². The third kappa shape index (κ3) is 3.90. The highest BCUT2D eigenvalue weighted by atomic mass is 16.3. The number of aromatic hydroxyl groups is 1. The van der Waals surface area contributed by atoms with Gasteiger partial charge in [-0.2, -0.15) is 0 Å². The summed E-state index contributed by atoms with van der Waals surface area (Å²) < 4.78 is 0. The molecule has 3 atom stereocenters. The Bertz CT molecular complexity index is 841. The van der Waals surface area contributed by atoms with Crippen LogP contribution in [-0.2, 0) is 0 Å². The highest BCUT2D eigenvalue weighted by Crippen LogP contribution is 2.39. The normalized spacial score (nSPS) is 25.1. The molecule has 1 heterocycles. The number of benzene rings is 1. The van der Waals surface area contributed by atoms with Crippen molar-refractivity contribution in [1.82, 2.24) is 10.3 Å². The maximum Gasteiger partial charge on any atom is 0.248 e. The van der Waals surface area contributed by atoms with Crippen LogP contribution >= 0.6 is 0 Å². The van der Waals surface area contributed by atoms with Crippen LogP contribution in [0.15, 0.2) is 29.1 Å². The number of aromatic amines is 1. The Kier molecular flexibility index (Phi) is 5.50. The summed E-state index contributed by atoms with van der Waals surface area (Å²) in [6, 6.07) is 6.88. The molecule has 0 spiro atoms. The van der Waals surface area contributed by atoms with Crippen molar-refractivity contribution < 1.29 is 10.2 Å². The molecule has 2 saturated carbocycles. The van der Waals surface area contributed by atoms with Gasteiger partial charge in [0.15, 0.2) is 0 Å². The van der Waals surface area contributed by atoms with Gasteiger partial charge in [0, 0.05) is 24.0 Å². The minimum absolute atomic E-state index is 0.0276. The zero-order valence-corrected chi connectivity index (χ0v) is 15.8. The van der Waals surface area contributed by atoms with E-state index in [9.17, 15) is 15.0 Å². The summed E-state index contributed by atoms with van der Waals surface area (Å²) in [5, 5.41) is 25.1. The van der Waals surface area contributed by atoms with Crippen LogP contribution in [0.1, 0.15) is 63.0 Å². The summed E-state index contributed by atoms with van der Waals surface area (Å²) in [4.78, 5) is 14.2. The molecule has 5 heteroatoms. The lowest BCUT2D eigenvalue weighted by atomic mass is 9.77. The first-order valence-electron chi connectivity index (χ1n) is 10.4. The van der Waals surface area contributed by atoms with E-state index in [0.29, 0.717) is 23.5 Å². The monoisotopic (exact) mass is 370 g/mol. The first kappa shape index (κ1) is 18.5. The van der Waals surface area contributed by atoms with Crippen molar-refractivity contribution in [3.05, 3.63) is 40.2 Å². The second-order valence-electron chi connectivity index (χ2n) is 8.31. The van der Waals surface area contributed by atoms with E-state index in [0.717, 1.165) is 17.4 Å². The summed E-state index contributed by atoms with van der Waals surface area (Å²) >= 11 is 0. The molecule has 27 heavy (non-hydrogen) atoms. The molecule has 4 rings (SSSR count). The molecule has 2 aliphatic carbocycles. The third-order valence-corrected chi connectivity index (χ3v) is 6.66. The average molecular weight is 370 g/mol. The maximum absolute atomic E-state index is 11.6. The SMILES string of the molecule is O=c1ccc2c(C(O)CNC3CCCC3C3CCCCC3)ccc(O)c2[nH]1.